The van der Waals surface area contributed by atoms with Crippen LogP contribution in [0.2, 0.25) is 0 Å². The van der Waals surface area contributed by atoms with Crippen LogP contribution in [-0.4, -0.2) is 55.7 Å². The van der Waals surface area contributed by atoms with Crippen LogP contribution in [-0.2, 0) is 6.54 Å². The Kier molecular flexibility index (Phi) is 5.33. The van der Waals surface area contributed by atoms with Gasteiger partial charge >= 0.3 is 0 Å². The van der Waals surface area contributed by atoms with Crippen molar-refractivity contribution >= 4 is 0 Å². The summed E-state index contributed by atoms with van der Waals surface area (Å²) in [6.45, 7) is 3.80. The summed E-state index contributed by atoms with van der Waals surface area (Å²) in [5.41, 5.74) is 2.26. The van der Waals surface area contributed by atoms with Gasteiger partial charge in [-0.15, -0.1) is 0 Å². The molecule has 0 aliphatic carbocycles. The third-order valence-electron chi connectivity index (χ3n) is 4.60. The summed E-state index contributed by atoms with van der Waals surface area (Å²) in [5.74, 6) is 1.46. The molecule has 1 saturated heterocycles. The number of aromatic nitrogens is 1. The molecule has 2 aromatic rings. The van der Waals surface area contributed by atoms with Crippen molar-refractivity contribution in [3.63, 3.8) is 0 Å². The monoisotopic (exact) mass is 327 g/mol. The summed E-state index contributed by atoms with van der Waals surface area (Å²) >= 11 is 0. The van der Waals surface area contributed by atoms with Gasteiger partial charge in [0.05, 0.1) is 14.2 Å². The minimum atomic E-state index is 0.350. The molecular formula is C19H25N3O2. The third-order valence-corrected chi connectivity index (χ3v) is 4.60. The number of methoxy groups -OCH3 is 2. The molecule has 128 valence electrons. The van der Waals surface area contributed by atoms with Crippen molar-refractivity contribution in [2.24, 2.45) is 0 Å². The molecule has 1 aliphatic heterocycles. The summed E-state index contributed by atoms with van der Waals surface area (Å²) in [4.78, 5) is 9.39. The first-order chi connectivity index (χ1) is 11.7. The Bertz CT molecular complexity index is 663. The molecule has 5 nitrogen and oxygen atoms in total. The lowest BCUT2D eigenvalue weighted by Crippen LogP contribution is -2.46. The highest BCUT2D eigenvalue weighted by Gasteiger charge is 2.28. The van der Waals surface area contributed by atoms with Crippen molar-refractivity contribution in [3.8, 4) is 11.5 Å². The zero-order valence-electron chi connectivity index (χ0n) is 14.6. The zero-order valence-corrected chi connectivity index (χ0v) is 14.6. The van der Waals surface area contributed by atoms with E-state index in [1.54, 1.807) is 20.4 Å². The lowest BCUT2D eigenvalue weighted by atomic mass is 10.0. The van der Waals surface area contributed by atoms with E-state index < -0.39 is 0 Å². The SMILES string of the molecule is COc1ccnc(CN2CCN(C)C[C@@H]2c2ccccc2)c1OC. The first-order valence-corrected chi connectivity index (χ1v) is 8.26. The number of pyridine rings is 1. The third kappa shape index (κ3) is 3.52. The highest BCUT2D eigenvalue weighted by molar-refractivity contribution is 5.42. The molecule has 0 bridgehead atoms. The van der Waals surface area contributed by atoms with Crippen molar-refractivity contribution < 1.29 is 9.47 Å². The van der Waals surface area contributed by atoms with E-state index in [-0.39, 0.29) is 0 Å². The van der Waals surface area contributed by atoms with Gasteiger partial charge in [-0.3, -0.25) is 9.88 Å². The number of piperazine rings is 1. The average Bonchev–Trinajstić information content (AvgIpc) is 2.63. The van der Waals surface area contributed by atoms with Crippen LogP contribution in [0.4, 0.5) is 0 Å². The van der Waals surface area contributed by atoms with Crippen LogP contribution in [0.15, 0.2) is 42.6 Å². The van der Waals surface area contributed by atoms with E-state index in [0.717, 1.165) is 43.4 Å². The molecule has 0 saturated carbocycles. The highest BCUT2D eigenvalue weighted by atomic mass is 16.5. The number of rotatable bonds is 5. The number of hydrogen-bond acceptors (Lipinski definition) is 5. The second-order valence-corrected chi connectivity index (χ2v) is 6.15. The van der Waals surface area contributed by atoms with Gasteiger partial charge in [0.1, 0.15) is 5.69 Å². The van der Waals surface area contributed by atoms with Crippen molar-refractivity contribution in [1.82, 2.24) is 14.8 Å². The Labute approximate surface area is 143 Å². The van der Waals surface area contributed by atoms with E-state index in [1.165, 1.54) is 5.56 Å². The molecule has 0 unspecified atom stereocenters. The van der Waals surface area contributed by atoms with Gasteiger partial charge in [0.2, 0.25) is 0 Å². The van der Waals surface area contributed by atoms with Crippen molar-refractivity contribution in [3.05, 3.63) is 53.9 Å². The zero-order chi connectivity index (χ0) is 16.9. The van der Waals surface area contributed by atoms with Gasteiger partial charge < -0.3 is 14.4 Å². The maximum Gasteiger partial charge on any atom is 0.183 e. The minimum Gasteiger partial charge on any atom is -0.493 e. The van der Waals surface area contributed by atoms with Crippen LogP contribution in [0.25, 0.3) is 0 Å². The van der Waals surface area contributed by atoms with Crippen LogP contribution < -0.4 is 9.47 Å². The Hall–Kier alpha value is -2.11. The standard InChI is InChI=1S/C19H25N3O2/c1-21-11-12-22(17(14-21)15-7-5-4-6-8-15)13-16-19(24-3)18(23-2)9-10-20-16/h4-10,17H,11-14H2,1-3H3/t17-/m1/s1. The molecule has 1 aromatic carbocycles. The Morgan fingerprint density at radius 2 is 1.88 bits per heavy atom. The molecule has 0 spiro atoms. The molecule has 24 heavy (non-hydrogen) atoms. The fourth-order valence-corrected chi connectivity index (χ4v) is 3.29. The van der Waals surface area contributed by atoms with Gasteiger partial charge in [-0.05, 0) is 12.6 Å². The number of ether oxygens (including phenoxy) is 2. The fraction of sp³-hybridized carbons (Fsp3) is 0.421. The number of nitrogens with zero attached hydrogens (tertiary/aromatic N) is 3. The molecule has 1 aliphatic rings. The van der Waals surface area contributed by atoms with Gasteiger partial charge in [0, 0.05) is 44.5 Å². The lowest BCUT2D eigenvalue weighted by molar-refractivity contribution is 0.0813. The molecule has 0 amide bonds. The van der Waals surface area contributed by atoms with E-state index in [0.29, 0.717) is 6.04 Å². The van der Waals surface area contributed by atoms with E-state index in [9.17, 15) is 0 Å². The van der Waals surface area contributed by atoms with Gasteiger partial charge in [-0.2, -0.15) is 0 Å². The van der Waals surface area contributed by atoms with Crippen molar-refractivity contribution in [2.75, 3.05) is 40.9 Å². The minimum absolute atomic E-state index is 0.350. The van der Waals surface area contributed by atoms with E-state index in [1.807, 2.05) is 6.07 Å². The van der Waals surface area contributed by atoms with Crippen molar-refractivity contribution in [1.29, 1.82) is 0 Å². The van der Waals surface area contributed by atoms with Gasteiger partial charge in [-0.25, -0.2) is 0 Å². The van der Waals surface area contributed by atoms with Crippen LogP contribution >= 0.6 is 0 Å². The number of hydrogen-bond donors (Lipinski definition) is 0. The Balaban J connectivity index is 1.87. The molecule has 5 heteroatoms. The summed E-state index contributed by atoms with van der Waals surface area (Å²) in [7, 11) is 5.50. The van der Waals surface area contributed by atoms with Gasteiger partial charge in [0.25, 0.3) is 0 Å². The predicted octanol–water partition coefficient (Wildman–Crippen LogP) is 2.59. The second kappa shape index (κ2) is 7.64. The van der Waals surface area contributed by atoms with Crippen LogP contribution in [0, 0.1) is 0 Å². The highest BCUT2D eigenvalue weighted by Crippen LogP contribution is 2.32. The largest absolute Gasteiger partial charge is 0.493 e. The maximum absolute atomic E-state index is 5.55. The smallest absolute Gasteiger partial charge is 0.183 e. The topological polar surface area (TPSA) is 37.8 Å². The Morgan fingerprint density at radius 3 is 2.58 bits per heavy atom. The summed E-state index contributed by atoms with van der Waals surface area (Å²) in [6.07, 6.45) is 1.78. The molecule has 0 radical (unpaired) electrons. The first kappa shape index (κ1) is 16.7. The molecule has 2 heterocycles. The van der Waals surface area contributed by atoms with E-state index in [2.05, 4.69) is 52.2 Å². The quantitative estimate of drug-likeness (QED) is 0.844. The molecule has 1 aromatic heterocycles. The predicted molar refractivity (Wildman–Crippen MR) is 94.4 cm³/mol. The second-order valence-electron chi connectivity index (χ2n) is 6.15. The lowest BCUT2D eigenvalue weighted by Gasteiger charge is -2.40. The summed E-state index contributed by atoms with van der Waals surface area (Å²) in [5, 5.41) is 0. The normalized spacial score (nSPS) is 19.2. The average molecular weight is 327 g/mol. The van der Waals surface area contributed by atoms with E-state index >= 15 is 0 Å². The van der Waals surface area contributed by atoms with Crippen LogP contribution in [0.1, 0.15) is 17.3 Å². The van der Waals surface area contributed by atoms with Crippen LogP contribution in [0.5, 0.6) is 11.5 Å². The summed E-state index contributed by atoms with van der Waals surface area (Å²) < 4.78 is 10.9. The Morgan fingerprint density at radius 1 is 1.08 bits per heavy atom. The molecular weight excluding hydrogens is 302 g/mol. The van der Waals surface area contributed by atoms with Gasteiger partial charge in [0.15, 0.2) is 11.5 Å². The molecule has 3 rings (SSSR count). The first-order valence-electron chi connectivity index (χ1n) is 8.26. The van der Waals surface area contributed by atoms with Crippen molar-refractivity contribution in [2.45, 2.75) is 12.6 Å². The van der Waals surface area contributed by atoms with Gasteiger partial charge in [-0.1, -0.05) is 30.3 Å². The van der Waals surface area contributed by atoms with E-state index in [4.69, 9.17) is 9.47 Å². The maximum atomic E-state index is 5.55. The van der Waals surface area contributed by atoms with Crippen LogP contribution in [0.3, 0.4) is 0 Å². The molecule has 1 atom stereocenters. The summed E-state index contributed by atoms with van der Waals surface area (Å²) in [6, 6.07) is 12.9. The number of likely N-dealkylation sites (N-methyl/N-ethyl adjacent to an activating group) is 1. The molecule has 0 N–H and O–H groups in total. The molecule has 1 fully saturated rings. The fourth-order valence-electron chi connectivity index (χ4n) is 3.29. The number of benzene rings is 1.